The second kappa shape index (κ2) is 9.79. The van der Waals surface area contributed by atoms with E-state index >= 15 is 0 Å². The van der Waals surface area contributed by atoms with Crippen molar-refractivity contribution in [1.82, 2.24) is 9.80 Å². The van der Waals surface area contributed by atoms with Gasteiger partial charge in [-0.1, -0.05) is 12.1 Å². The van der Waals surface area contributed by atoms with Crippen LogP contribution in [-0.4, -0.2) is 67.2 Å². The van der Waals surface area contributed by atoms with E-state index in [1.54, 1.807) is 29.2 Å². The van der Waals surface area contributed by atoms with Crippen molar-refractivity contribution in [2.75, 3.05) is 44.6 Å². The van der Waals surface area contributed by atoms with Crippen LogP contribution in [0.15, 0.2) is 48.5 Å². The molecule has 1 aliphatic rings. The first-order chi connectivity index (χ1) is 14.0. The van der Waals surface area contributed by atoms with Gasteiger partial charge in [-0.15, -0.1) is 0 Å². The number of halogens is 1. The average molecular weight is 399 g/mol. The van der Waals surface area contributed by atoms with Crippen molar-refractivity contribution in [3.63, 3.8) is 0 Å². The first kappa shape index (κ1) is 20.5. The Bertz CT molecular complexity index is 864. The molecule has 0 atom stereocenters. The van der Waals surface area contributed by atoms with Gasteiger partial charge in [0.15, 0.2) is 12.9 Å². The summed E-state index contributed by atoms with van der Waals surface area (Å²) in [5.74, 6) is -0.333. The number of piperazine rings is 1. The van der Waals surface area contributed by atoms with E-state index in [-0.39, 0.29) is 30.8 Å². The van der Waals surface area contributed by atoms with E-state index in [0.717, 1.165) is 0 Å². The van der Waals surface area contributed by atoms with Gasteiger partial charge in [-0.3, -0.25) is 19.3 Å². The maximum Gasteiger partial charge on any atom is 0.260 e. The maximum absolute atomic E-state index is 12.9. The fraction of sp³-hybridized carbons (Fsp3) is 0.286. The van der Waals surface area contributed by atoms with E-state index < -0.39 is 0 Å². The Hall–Kier alpha value is -3.26. The summed E-state index contributed by atoms with van der Waals surface area (Å²) in [7, 11) is 0. The van der Waals surface area contributed by atoms with Gasteiger partial charge in [0.1, 0.15) is 11.6 Å². The quantitative estimate of drug-likeness (QED) is 0.719. The minimum absolute atomic E-state index is 0.143. The monoisotopic (exact) mass is 399 g/mol. The standard InChI is InChI=1S/C21H22FN3O4/c22-17-5-7-18(8-6-17)23-20(27)13-24-9-11-25(12-10-24)21(28)15-29-19-4-2-1-3-16(19)14-26/h1-8,14H,9-13,15H2,(H,23,27). The molecular formula is C21H22FN3O4. The van der Waals surface area contributed by atoms with Crippen LogP contribution in [0.25, 0.3) is 0 Å². The lowest BCUT2D eigenvalue weighted by molar-refractivity contribution is -0.135. The highest BCUT2D eigenvalue weighted by molar-refractivity contribution is 5.92. The highest BCUT2D eigenvalue weighted by Gasteiger charge is 2.23. The lowest BCUT2D eigenvalue weighted by Gasteiger charge is -2.34. The second-order valence-electron chi connectivity index (χ2n) is 6.66. The third kappa shape index (κ3) is 5.86. The Morgan fingerprint density at radius 3 is 2.41 bits per heavy atom. The van der Waals surface area contributed by atoms with Gasteiger partial charge in [-0.2, -0.15) is 0 Å². The van der Waals surface area contributed by atoms with Gasteiger partial charge < -0.3 is 15.0 Å². The second-order valence-corrected chi connectivity index (χ2v) is 6.66. The molecule has 0 aromatic heterocycles. The van der Waals surface area contributed by atoms with Crippen molar-refractivity contribution >= 4 is 23.8 Å². The Kier molecular flexibility index (Phi) is 6.91. The van der Waals surface area contributed by atoms with Crippen LogP contribution in [0.4, 0.5) is 10.1 Å². The smallest absolute Gasteiger partial charge is 0.260 e. The van der Waals surface area contributed by atoms with Gasteiger partial charge in [-0.05, 0) is 36.4 Å². The molecule has 152 valence electrons. The number of nitrogens with zero attached hydrogens (tertiary/aromatic N) is 2. The number of ether oxygens (including phenoxy) is 1. The molecule has 0 saturated carbocycles. The number of carbonyl (C=O) groups is 3. The molecule has 0 bridgehead atoms. The van der Waals surface area contributed by atoms with Gasteiger partial charge in [0.2, 0.25) is 5.91 Å². The molecule has 0 aliphatic carbocycles. The van der Waals surface area contributed by atoms with Gasteiger partial charge >= 0.3 is 0 Å². The molecule has 2 aromatic carbocycles. The van der Waals surface area contributed by atoms with Crippen LogP contribution in [0.3, 0.4) is 0 Å². The molecule has 2 amide bonds. The van der Waals surface area contributed by atoms with Crippen molar-refractivity contribution in [2.24, 2.45) is 0 Å². The topological polar surface area (TPSA) is 79.0 Å². The molecule has 1 saturated heterocycles. The first-order valence-corrected chi connectivity index (χ1v) is 9.27. The summed E-state index contributed by atoms with van der Waals surface area (Å²) in [6, 6.07) is 12.3. The van der Waals surface area contributed by atoms with E-state index in [0.29, 0.717) is 49.5 Å². The number of amides is 2. The van der Waals surface area contributed by atoms with E-state index in [1.165, 1.54) is 24.3 Å². The highest BCUT2D eigenvalue weighted by Crippen LogP contribution is 2.16. The van der Waals surface area contributed by atoms with Gasteiger partial charge in [-0.25, -0.2) is 4.39 Å². The summed E-state index contributed by atoms with van der Waals surface area (Å²) in [5, 5.41) is 2.72. The highest BCUT2D eigenvalue weighted by atomic mass is 19.1. The van der Waals surface area contributed by atoms with Crippen LogP contribution in [0, 0.1) is 5.82 Å². The summed E-state index contributed by atoms with van der Waals surface area (Å²) < 4.78 is 18.4. The van der Waals surface area contributed by atoms with Crippen LogP contribution in [0.1, 0.15) is 10.4 Å². The van der Waals surface area contributed by atoms with Crippen LogP contribution in [0.2, 0.25) is 0 Å². The van der Waals surface area contributed by atoms with Crippen LogP contribution >= 0.6 is 0 Å². The van der Waals surface area contributed by atoms with Gasteiger partial charge in [0.25, 0.3) is 5.91 Å². The van der Waals surface area contributed by atoms with Crippen LogP contribution in [0.5, 0.6) is 5.75 Å². The van der Waals surface area contributed by atoms with E-state index in [2.05, 4.69) is 5.32 Å². The molecule has 1 fully saturated rings. The summed E-state index contributed by atoms with van der Waals surface area (Å²) in [6.07, 6.45) is 0.690. The number of rotatable bonds is 7. The molecule has 0 radical (unpaired) electrons. The minimum Gasteiger partial charge on any atom is -0.483 e. The number of benzene rings is 2. The summed E-state index contributed by atoms with van der Waals surface area (Å²) >= 11 is 0. The lowest BCUT2D eigenvalue weighted by atomic mass is 10.2. The zero-order valence-corrected chi connectivity index (χ0v) is 15.8. The molecule has 8 heteroatoms. The van der Waals surface area contributed by atoms with Crippen molar-refractivity contribution < 1.29 is 23.5 Å². The number of aldehydes is 1. The Morgan fingerprint density at radius 1 is 1.03 bits per heavy atom. The lowest BCUT2D eigenvalue weighted by Crippen LogP contribution is -2.51. The molecule has 7 nitrogen and oxygen atoms in total. The fourth-order valence-corrected chi connectivity index (χ4v) is 3.03. The van der Waals surface area contributed by atoms with Crippen LogP contribution < -0.4 is 10.1 Å². The van der Waals surface area contributed by atoms with Gasteiger partial charge in [0.05, 0.1) is 12.1 Å². The summed E-state index contributed by atoms with van der Waals surface area (Å²) in [5.41, 5.74) is 0.940. The van der Waals surface area contributed by atoms with Crippen LogP contribution in [-0.2, 0) is 9.59 Å². The molecule has 1 heterocycles. The third-order valence-corrected chi connectivity index (χ3v) is 4.62. The molecule has 0 spiro atoms. The number of hydrogen-bond acceptors (Lipinski definition) is 5. The van der Waals surface area contributed by atoms with Crippen molar-refractivity contribution in [3.05, 3.63) is 59.9 Å². The maximum atomic E-state index is 12.9. The number of nitrogens with one attached hydrogen (secondary N) is 1. The predicted octanol–water partition coefficient (Wildman–Crippen LogP) is 1.80. The zero-order valence-electron chi connectivity index (χ0n) is 15.8. The number of anilines is 1. The normalized spacial score (nSPS) is 14.3. The third-order valence-electron chi connectivity index (χ3n) is 4.62. The fourth-order valence-electron chi connectivity index (χ4n) is 3.03. The molecule has 1 aliphatic heterocycles. The molecule has 29 heavy (non-hydrogen) atoms. The SMILES string of the molecule is O=Cc1ccccc1OCC(=O)N1CCN(CC(=O)Nc2ccc(F)cc2)CC1. The number of hydrogen-bond donors (Lipinski definition) is 1. The molecule has 1 N–H and O–H groups in total. The number of carbonyl (C=O) groups excluding carboxylic acids is 3. The Balaban J connectivity index is 1.41. The molecule has 0 unspecified atom stereocenters. The first-order valence-electron chi connectivity index (χ1n) is 9.27. The molecular weight excluding hydrogens is 377 g/mol. The van der Waals surface area contributed by atoms with Crippen molar-refractivity contribution in [3.8, 4) is 5.75 Å². The molecule has 3 rings (SSSR count). The average Bonchev–Trinajstić information content (AvgIpc) is 2.74. The zero-order chi connectivity index (χ0) is 20.6. The van der Waals surface area contributed by atoms with Crippen molar-refractivity contribution in [2.45, 2.75) is 0 Å². The van der Waals surface area contributed by atoms with Gasteiger partial charge in [0, 0.05) is 31.9 Å². The Labute approximate surface area is 168 Å². The van der Waals surface area contributed by atoms with E-state index in [1.807, 2.05) is 4.90 Å². The molecule has 2 aromatic rings. The predicted molar refractivity (Wildman–Crippen MR) is 105 cm³/mol. The van der Waals surface area contributed by atoms with Crippen molar-refractivity contribution in [1.29, 1.82) is 0 Å². The Morgan fingerprint density at radius 2 is 1.72 bits per heavy atom. The minimum atomic E-state index is -0.359. The number of para-hydroxylation sites is 1. The summed E-state index contributed by atoms with van der Waals surface area (Å²) in [4.78, 5) is 39.1. The van der Waals surface area contributed by atoms with E-state index in [4.69, 9.17) is 4.74 Å². The largest absolute Gasteiger partial charge is 0.483 e. The summed E-state index contributed by atoms with van der Waals surface area (Å²) in [6.45, 7) is 2.15. The van der Waals surface area contributed by atoms with E-state index in [9.17, 15) is 18.8 Å².